The van der Waals surface area contributed by atoms with Crippen molar-refractivity contribution in [2.24, 2.45) is 5.92 Å². The second kappa shape index (κ2) is 8.71. The molecule has 0 fully saturated rings. The Morgan fingerprint density at radius 2 is 1.78 bits per heavy atom. The van der Waals surface area contributed by atoms with Crippen molar-refractivity contribution in [3.05, 3.63) is 75.6 Å². The van der Waals surface area contributed by atoms with Crippen LogP contribution in [-0.4, -0.2) is 44.5 Å². The second-order valence-electron chi connectivity index (χ2n) is 8.88. The Morgan fingerprint density at radius 1 is 1.08 bits per heavy atom. The highest BCUT2D eigenvalue weighted by molar-refractivity contribution is 6.36. The number of ether oxygens (including phenoxy) is 4. The van der Waals surface area contributed by atoms with Gasteiger partial charge in [-0.3, -0.25) is 9.59 Å². The van der Waals surface area contributed by atoms with Gasteiger partial charge in [-0.05, 0) is 18.1 Å². The number of hydrogen-bond acceptors (Lipinski definition) is 8. The lowest BCUT2D eigenvalue weighted by molar-refractivity contribution is -0.137. The fourth-order valence-corrected chi connectivity index (χ4v) is 5.51. The van der Waals surface area contributed by atoms with Crippen molar-refractivity contribution in [2.45, 2.75) is 24.9 Å². The van der Waals surface area contributed by atoms with E-state index in [1.807, 2.05) is 30.3 Å². The van der Waals surface area contributed by atoms with E-state index in [0.717, 1.165) is 5.56 Å². The van der Waals surface area contributed by atoms with Crippen molar-refractivity contribution < 1.29 is 33.3 Å². The molecular weight excluding hydrogens is 486 g/mol. The molecule has 9 heteroatoms. The molecule has 0 amide bonds. The molecule has 0 saturated carbocycles. The number of nitrogens with one attached hydrogen (secondary N) is 1. The zero-order valence-electron chi connectivity index (χ0n) is 20.1. The van der Waals surface area contributed by atoms with E-state index in [1.54, 1.807) is 13.0 Å². The molecule has 2 aromatic rings. The Balaban J connectivity index is 1.67. The van der Waals surface area contributed by atoms with Gasteiger partial charge in [0.05, 0.1) is 21.3 Å². The Labute approximate surface area is 212 Å². The normalized spacial score (nSPS) is 24.4. The van der Waals surface area contributed by atoms with E-state index >= 15 is 0 Å². The van der Waals surface area contributed by atoms with Crippen LogP contribution in [0.3, 0.4) is 0 Å². The van der Waals surface area contributed by atoms with Gasteiger partial charge in [0.2, 0.25) is 17.2 Å². The number of carbonyl (C=O) groups is 3. The third-order valence-corrected chi connectivity index (χ3v) is 7.38. The molecule has 0 bridgehead atoms. The van der Waals surface area contributed by atoms with E-state index in [2.05, 4.69) is 5.32 Å². The molecule has 5 rings (SSSR count). The van der Waals surface area contributed by atoms with Gasteiger partial charge in [0.15, 0.2) is 5.75 Å². The van der Waals surface area contributed by atoms with Crippen molar-refractivity contribution in [3.8, 4) is 17.2 Å². The number of allylic oxidation sites excluding steroid dienone is 2. The minimum absolute atomic E-state index is 0.0629. The van der Waals surface area contributed by atoms with E-state index in [4.69, 9.17) is 30.5 Å². The Morgan fingerprint density at radius 3 is 2.42 bits per heavy atom. The number of methoxy groups -OCH3 is 3. The zero-order chi connectivity index (χ0) is 25.8. The predicted molar refractivity (Wildman–Crippen MR) is 130 cm³/mol. The molecule has 0 aromatic heterocycles. The number of carbonyl (C=O) groups excluding carboxylic acids is 3. The summed E-state index contributed by atoms with van der Waals surface area (Å²) in [5.74, 6) is -2.20. The minimum Gasteiger partial charge on any atom is -0.496 e. The molecule has 2 aliphatic heterocycles. The van der Waals surface area contributed by atoms with E-state index < -0.39 is 35.0 Å². The molecular formula is C27H24ClNO7. The maximum atomic E-state index is 14.4. The van der Waals surface area contributed by atoms with Crippen molar-refractivity contribution in [2.75, 3.05) is 21.3 Å². The first-order chi connectivity index (χ1) is 17.3. The standard InChI is InChI=1S/C27H24ClNO7/c1-13-10-16-20(15(14-8-6-5-7-9-14)11-17(29-16)26(32)35-4)24(30)27(13)25(31)21-18(33-2)12-19(34-3)22(28)23(21)36-27/h5-9,11-13,15,29H,10H2,1-4H3/t13-,15+,27+/m1/s1. The van der Waals surface area contributed by atoms with Crippen LogP contribution in [0.1, 0.15) is 35.2 Å². The van der Waals surface area contributed by atoms with Crippen molar-refractivity contribution >= 4 is 29.1 Å². The van der Waals surface area contributed by atoms with Gasteiger partial charge in [0, 0.05) is 29.2 Å². The molecule has 3 aliphatic rings. The van der Waals surface area contributed by atoms with Gasteiger partial charge in [-0.15, -0.1) is 0 Å². The molecule has 8 nitrogen and oxygen atoms in total. The van der Waals surface area contributed by atoms with Crippen LogP contribution < -0.4 is 19.5 Å². The molecule has 1 N–H and O–H groups in total. The van der Waals surface area contributed by atoms with Crippen molar-refractivity contribution in [3.63, 3.8) is 0 Å². The summed E-state index contributed by atoms with van der Waals surface area (Å²) in [6.45, 7) is 1.76. The van der Waals surface area contributed by atoms with Crippen LogP contribution in [0.5, 0.6) is 17.2 Å². The molecule has 2 heterocycles. The van der Waals surface area contributed by atoms with Crippen molar-refractivity contribution in [1.29, 1.82) is 0 Å². The fraction of sp³-hybridized carbons (Fsp3) is 0.296. The van der Waals surface area contributed by atoms with E-state index in [-0.39, 0.29) is 40.0 Å². The number of Topliss-reactive ketones (excluding diaryl/α,β-unsaturated/α-hetero) is 2. The number of esters is 1. The molecule has 0 unspecified atom stereocenters. The average Bonchev–Trinajstić information content (AvgIpc) is 3.21. The first-order valence-electron chi connectivity index (χ1n) is 11.4. The lowest BCUT2D eigenvalue weighted by atomic mass is 9.67. The summed E-state index contributed by atoms with van der Waals surface area (Å²) in [6, 6.07) is 10.8. The third kappa shape index (κ3) is 3.24. The van der Waals surface area contributed by atoms with Gasteiger partial charge in [-0.25, -0.2) is 4.79 Å². The molecule has 3 atom stereocenters. The summed E-state index contributed by atoms with van der Waals surface area (Å²) in [4.78, 5) is 40.8. The maximum absolute atomic E-state index is 14.4. The Hall–Kier alpha value is -3.78. The van der Waals surface area contributed by atoms with Crippen LogP contribution in [0.2, 0.25) is 5.02 Å². The average molecular weight is 510 g/mol. The number of benzene rings is 2. The van der Waals surface area contributed by atoms with Gasteiger partial charge in [0.1, 0.15) is 27.8 Å². The minimum atomic E-state index is -1.84. The molecule has 186 valence electrons. The van der Waals surface area contributed by atoms with Gasteiger partial charge >= 0.3 is 5.97 Å². The van der Waals surface area contributed by atoms with Gasteiger partial charge in [-0.1, -0.05) is 48.9 Å². The number of hydrogen-bond donors (Lipinski definition) is 1. The lowest BCUT2D eigenvalue weighted by Crippen LogP contribution is -2.58. The summed E-state index contributed by atoms with van der Waals surface area (Å²) in [5, 5.41) is 3.16. The summed E-state index contributed by atoms with van der Waals surface area (Å²) < 4.78 is 21.9. The number of dihydropyridines is 1. The van der Waals surface area contributed by atoms with E-state index in [1.165, 1.54) is 27.4 Å². The van der Waals surface area contributed by atoms with Crippen LogP contribution in [0.4, 0.5) is 0 Å². The smallest absolute Gasteiger partial charge is 0.354 e. The fourth-order valence-electron chi connectivity index (χ4n) is 5.25. The van der Waals surface area contributed by atoms with E-state index in [9.17, 15) is 14.4 Å². The lowest BCUT2D eigenvalue weighted by Gasteiger charge is -2.41. The quantitative estimate of drug-likeness (QED) is 0.488. The van der Waals surface area contributed by atoms with E-state index in [0.29, 0.717) is 11.3 Å². The highest BCUT2D eigenvalue weighted by atomic mass is 35.5. The first kappa shape index (κ1) is 23.9. The van der Waals surface area contributed by atoms with Crippen LogP contribution in [0.25, 0.3) is 0 Å². The summed E-state index contributed by atoms with van der Waals surface area (Å²) >= 11 is 6.52. The molecule has 1 aliphatic carbocycles. The monoisotopic (exact) mass is 509 g/mol. The number of halogens is 1. The van der Waals surface area contributed by atoms with Crippen LogP contribution in [0.15, 0.2) is 59.4 Å². The summed E-state index contributed by atoms with van der Waals surface area (Å²) in [7, 11) is 4.15. The summed E-state index contributed by atoms with van der Waals surface area (Å²) in [5.41, 5.74) is 0.200. The Bertz CT molecular complexity index is 1360. The first-order valence-corrected chi connectivity index (χ1v) is 11.7. The zero-order valence-corrected chi connectivity index (χ0v) is 20.9. The largest absolute Gasteiger partial charge is 0.496 e. The number of rotatable bonds is 4. The predicted octanol–water partition coefficient (Wildman–Crippen LogP) is 3.98. The van der Waals surface area contributed by atoms with Crippen LogP contribution >= 0.6 is 11.6 Å². The molecule has 0 radical (unpaired) electrons. The van der Waals surface area contributed by atoms with Crippen molar-refractivity contribution in [1.82, 2.24) is 5.32 Å². The van der Waals surface area contributed by atoms with Crippen LogP contribution in [0, 0.1) is 5.92 Å². The Kier molecular flexibility index (Phi) is 5.79. The SMILES string of the molecule is COC(=O)C1=C[C@@H](c2ccccc2)C2=C(C[C@@H](C)[C@]3(Oc4c(Cl)c(OC)cc(OC)c4C3=O)C2=O)N1. The topological polar surface area (TPSA) is 100 Å². The second-order valence-corrected chi connectivity index (χ2v) is 9.26. The van der Waals surface area contributed by atoms with Crippen LogP contribution in [-0.2, 0) is 14.3 Å². The van der Waals surface area contributed by atoms with Gasteiger partial charge in [0.25, 0.3) is 0 Å². The highest BCUT2D eigenvalue weighted by Crippen LogP contribution is 2.55. The molecule has 1 spiro atoms. The maximum Gasteiger partial charge on any atom is 0.354 e. The van der Waals surface area contributed by atoms with Gasteiger partial charge < -0.3 is 24.3 Å². The van der Waals surface area contributed by atoms with Gasteiger partial charge in [-0.2, -0.15) is 0 Å². The summed E-state index contributed by atoms with van der Waals surface area (Å²) in [6.07, 6.45) is 1.92. The molecule has 0 saturated heterocycles. The number of fused-ring (bicyclic) bond motifs is 1. The molecule has 2 aromatic carbocycles. The molecule has 36 heavy (non-hydrogen) atoms. The third-order valence-electron chi connectivity index (χ3n) is 7.02. The number of ketones is 2. The highest BCUT2D eigenvalue weighted by Gasteiger charge is 2.63.